The molecule has 2 aromatic carbocycles. The maximum atomic E-state index is 12.1. The number of nitrogens with one attached hydrogen (secondary N) is 1. The molecule has 1 heterocycles. The Morgan fingerprint density at radius 2 is 1.83 bits per heavy atom. The van der Waals surface area contributed by atoms with E-state index in [1.165, 1.54) is 14.2 Å². The van der Waals surface area contributed by atoms with Crippen LogP contribution in [-0.2, 0) is 11.3 Å². The Morgan fingerprint density at radius 3 is 2.45 bits per heavy atom. The number of methoxy groups -OCH3 is 2. The molecule has 4 rings (SSSR count). The second-order valence-electron chi connectivity index (χ2n) is 7.42. The molecule has 1 aliphatic carbocycles. The van der Waals surface area contributed by atoms with Crippen LogP contribution in [0.2, 0.25) is 0 Å². The Balaban J connectivity index is 1.81. The van der Waals surface area contributed by atoms with E-state index in [4.69, 9.17) is 14.2 Å². The summed E-state index contributed by atoms with van der Waals surface area (Å²) < 4.78 is 17.1. The second-order valence-corrected chi connectivity index (χ2v) is 7.42. The molecule has 1 aliphatic heterocycles. The molecule has 1 fully saturated rings. The van der Waals surface area contributed by atoms with E-state index < -0.39 is 11.4 Å². The monoisotopic (exact) mass is 397 g/mol. The third-order valence-corrected chi connectivity index (χ3v) is 5.89. The van der Waals surface area contributed by atoms with Crippen LogP contribution in [0, 0.1) is 5.41 Å². The summed E-state index contributed by atoms with van der Waals surface area (Å²) in [5.41, 5.74) is 2.21. The van der Waals surface area contributed by atoms with E-state index in [1.54, 1.807) is 12.1 Å². The van der Waals surface area contributed by atoms with Crippen molar-refractivity contribution in [2.45, 2.75) is 25.8 Å². The van der Waals surface area contributed by atoms with Crippen molar-refractivity contribution in [2.24, 2.45) is 5.41 Å². The van der Waals surface area contributed by atoms with Gasteiger partial charge in [-0.25, -0.2) is 0 Å². The number of amides is 1. The van der Waals surface area contributed by atoms with Crippen molar-refractivity contribution in [3.05, 3.63) is 41.5 Å². The van der Waals surface area contributed by atoms with Crippen LogP contribution >= 0.6 is 0 Å². The minimum absolute atomic E-state index is 0.0467. The molecule has 0 unspecified atom stereocenters. The van der Waals surface area contributed by atoms with E-state index in [-0.39, 0.29) is 12.5 Å². The predicted molar refractivity (Wildman–Crippen MR) is 106 cm³/mol. The summed E-state index contributed by atoms with van der Waals surface area (Å²) in [7, 11) is 3.06. The number of carbonyl (C=O) groups excluding carboxylic acids is 1. The molecule has 2 N–H and O–H groups in total. The van der Waals surface area contributed by atoms with E-state index in [9.17, 15) is 14.7 Å². The number of carbonyl (C=O) groups is 2. The van der Waals surface area contributed by atoms with E-state index >= 15 is 0 Å². The number of carboxylic acids is 1. The van der Waals surface area contributed by atoms with Crippen molar-refractivity contribution in [1.29, 1.82) is 0 Å². The van der Waals surface area contributed by atoms with Crippen LogP contribution in [0.25, 0.3) is 11.1 Å². The van der Waals surface area contributed by atoms with Gasteiger partial charge in [-0.15, -0.1) is 0 Å². The van der Waals surface area contributed by atoms with Crippen LogP contribution in [0.1, 0.15) is 35.2 Å². The predicted octanol–water partition coefficient (Wildman–Crippen LogP) is 3.25. The largest absolute Gasteiger partial charge is 0.493 e. The number of benzene rings is 2. The molecule has 1 amide bonds. The molecule has 7 heteroatoms. The maximum absolute atomic E-state index is 12.1. The minimum atomic E-state index is -0.873. The lowest BCUT2D eigenvalue weighted by molar-refractivity contribution is -0.157. The molecule has 152 valence electrons. The van der Waals surface area contributed by atoms with Gasteiger partial charge in [0, 0.05) is 17.7 Å². The lowest BCUT2D eigenvalue weighted by Gasteiger charge is -2.37. The number of carboxylic acid groups (broad SMARTS) is 1. The zero-order chi connectivity index (χ0) is 20.6. The molecule has 0 bridgehead atoms. The Kier molecular flexibility index (Phi) is 4.82. The average molecular weight is 397 g/mol. The SMILES string of the molecule is COc1ccc(-c2cccc3c2CNC3=O)c(OCC2(C(=O)O)CCC2)c1OC. The van der Waals surface area contributed by atoms with Gasteiger partial charge in [0.2, 0.25) is 5.75 Å². The van der Waals surface area contributed by atoms with Crippen molar-refractivity contribution in [1.82, 2.24) is 5.32 Å². The molecule has 0 saturated heterocycles. The van der Waals surface area contributed by atoms with Gasteiger partial charge in [0.25, 0.3) is 5.91 Å². The molecular formula is C22H23NO6. The fourth-order valence-electron chi connectivity index (χ4n) is 3.99. The first-order chi connectivity index (χ1) is 14.0. The number of rotatable bonds is 7. The smallest absolute Gasteiger partial charge is 0.313 e. The van der Waals surface area contributed by atoms with Crippen LogP contribution in [0.4, 0.5) is 0 Å². The van der Waals surface area contributed by atoms with Gasteiger partial charge in [0.05, 0.1) is 14.2 Å². The highest BCUT2D eigenvalue weighted by Gasteiger charge is 2.45. The third kappa shape index (κ3) is 3.06. The van der Waals surface area contributed by atoms with Gasteiger partial charge in [-0.2, -0.15) is 0 Å². The van der Waals surface area contributed by atoms with Gasteiger partial charge in [-0.05, 0) is 42.2 Å². The van der Waals surface area contributed by atoms with Crippen LogP contribution in [-0.4, -0.2) is 37.8 Å². The van der Waals surface area contributed by atoms with Crippen molar-refractivity contribution in [2.75, 3.05) is 20.8 Å². The first-order valence-corrected chi connectivity index (χ1v) is 9.52. The Morgan fingerprint density at radius 1 is 1.07 bits per heavy atom. The van der Waals surface area contributed by atoms with Gasteiger partial charge in [-0.3, -0.25) is 9.59 Å². The number of aliphatic carboxylic acids is 1. The molecule has 2 aromatic rings. The van der Waals surface area contributed by atoms with Gasteiger partial charge >= 0.3 is 5.97 Å². The summed E-state index contributed by atoms with van der Waals surface area (Å²) in [5.74, 6) is 0.365. The number of hydrogen-bond acceptors (Lipinski definition) is 5. The van der Waals surface area contributed by atoms with Crippen molar-refractivity contribution in [3.8, 4) is 28.4 Å². The van der Waals surface area contributed by atoms with Crippen LogP contribution in [0.15, 0.2) is 30.3 Å². The maximum Gasteiger partial charge on any atom is 0.313 e. The first kappa shape index (κ1) is 19.1. The first-order valence-electron chi connectivity index (χ1n) is 9.52. The second kappa shape index (κ2) is 7.31. The van der Waals surface area contributed by atoms with E-state index in [0.29, 0.717) is 42.2 Å². The van der Waals surface area contributed by atoms with Gasteiger partial charge in [0.1, 0.15) is 12.0 Å². The zero-order valence-corrected chi connectivity index (χ0v) is 16.4. The van der Waals surface area contributed by atoms with Gasteiger partial charge < -0.3 is 24.6 Å². The zero-order valence-electron chi connectivity index (χ0n) is 16.4. The molecule has 1 saturated carbocycles. The highest BCUT2D eigenvalue weighted by Crippen LogP contribution is 2.48. The van der Waals surface area contributed by atoms with E-state index in [1.807, 2.05) is 18.2 Å². The van der Waals surface area contributed by atoms with Crippen molar-refractivity contribution in [3.63, 3.8) is 0 Å². The summed E-state index contributed by atoms with van der Waals surface area (Å²) in [6.45, 7) is 0.474. The van der Waals surface area contributed by atoms with Crippen molar-refractivity contribution < 1.29 is 28.9 Å². The summed E-state index contributed by atoms with van der Waals surface area (Å²) >= 11 is 0. The number of fused-ring (bicyclic) bond motifs is 1. The molecule has 0 radical (unpaired) electrons. The fraction of sp³-hybridized carbons (Fsp3) is 0.364. The lowest BCUT2D eigenvalue weighted by Crippen LogP contribution is -2.43. The lowest BCUT2D eigenvalue weighted by atomic mass is 9.69. The van der Waals surface area contributed by atoms with Gasteiger partial charge in [-0.1, -0.05) is 18.6 Å². The number of ether oxygens (including phenoxy) is 3. The van der Waals surface area contributed by atoms with E-state index in [2.05, 4.69) is 5.32 Å². The molecule has 7 nitrogen and oxygen atoms in total. The molecule has 29 heavy (non-hydrogen) atoms. The fourth-order valence-corrected chi connectivity index (χ4v) is 3.99. The average Bonchev–Trinajstić information content (AvgIpc) is 3.07. The Labute approximate surface area is 168 Å². The topological polar surface area (TPSA) is 94.1 Å². The summed E-state index contributed by atoms with van der Waals surface area (Å²) in [6, 6.07) is 9.16. The van der Waals surface area contributed by atoms with Crippen molar-refractivity contribution >= 4 is 11.9 Å². The highest BCUT2D eigenvalue weighted by molar-refractivity contribution is 6.01. The van der Waals surface area contributed by atoms with Crippen LogP contribution in [0.3, 0.4) is 0 Å². The minimum Gasteiger partial charge on any atom is -0.493 e. The molecule has 2 aliphatic rings. The quantitative estimate of drug-likeness (QED) is 0.745. The van der Waals surface area contributed by atoms with Crippen LogP contribution in [0.5, 0.6) is 17.2 Å². The van der Waals surface area contributed by atoms with Gasteiger partial charge in [0.15, 0.2) is 11.5 Å². The number of hydrogen-bond donors (Lipinski definition) is 2. The highest BCUT2D eigenvalue weighted by atomic mass is 16.5. The standard InChI is InChI=1S/C22H23NO6/c1-27-17-8-7-14(13-5-3-6-15-16(13)11-23-20(15)24)18(19(17)28-2)29-12-22(21(25)26)9-4-10-22/h3,5-8H,4,9-12H2,1-2H3,(H,23,24)(H,25,26). The third-order valence-electron chi connectivity index (χ3n) is 5.89. The normalized spacial score (nSPS) is 16.4. The van der Waals surface area contributed by atoms with E-state index in [0.717, 1.165) is 23.1 Å². The summed E-state index contributed by atoms with van der Waals surface area (Å²) in [5, 5.41) is 12.5. The summed E-state index contributed by atoms with van der Waals surface area (Å²) in [4.78, 5) is 23.8. The molecule has 0 aromatic heterocycles. The Hall–Kier alpha value is -3.22. The molecule has 0 spiro atoms. The Bertz CT molecular complexity index is 980. The van der Waals surface area contributed by atoms with Crippen LogP contribution < -0.4 is 19.5 Å². The molecular weight excluding hydrogens is 374 g/mol. The molecule has 0 atom stereocenters. The summed E-state index contributed by atoms with van der Waals surface area (Å²) in [6.07, 6.45) is 2.05.